The van der Waals surface area contributed by atoms with Crippen molar-refractivity contribution < 1.29 is 34.8 Å². The minimum Gasteiger partial charge on any atom is -0.325 e. The first kappa shape index (κ1) is 30.9. The van der Waals surface area contributed by atoms with Crippen molar-refractivity contribution in [2.45, 2.75) is 22.9 Å². The van der Waals surface area contributed by atoms with Crippen LogP contribution in [0.1, 0.15) is 11.1 Å². The Kier molecular flexibility index (Phi) is 8.85. The number of anilines is 3. The van der Waals surface area contributed by atoms with Crippen LogP contribution >= 0.6 is 11.6 Å². The summed E-state index contributed by atoms with van der Waals surface area (Å²) < 4.78 is 94.8. The lowest BCUT2D eigenvalue weighted by Gasteiger charge is -2.24. The van der Waals surface area contributed by atoms with Crippen LogP contribution in [0.5, 0.6) is 0 Å². The monoisotopic (exact) mass is 637 g/mol. The van der Waals surface area contributed by atoms with E-state index in [1.807, 2.05) is 6.92 Å². The van der Waals surface area contributed by atoms with Gasteiger partial charge in [0.2, 0.25) is 5.91 Å². The molecule has 220 valence electrons. The number of carbonyl (C=O) groups excluding carboxylic acids is 1. The quantitative estimate of drug-likeness (QED) is 0.224. The number of hydrogen-bond donors (Lipinski definition) is 2. The maximum atomic E-state index is 13.4. The summed E-state index contributed by atoms with van der Waals surface area (Å²) >= 11 is 5.59. The van der Waals surface area contributed by atoms with Crippen LogP contribution in [0, 0.1) is 6.92 Å². The van der Waals surface area contributed by atoms with Crippen LogP contribution in [0.4, 0.5) is 30.2 Å². The summed E-state index contributed by atoms with van der Waals surface area (Å²) in [5.41, 5.74) is -0.230. The molecule has 0 aromatic heterocycles. The van der Waals surface area contributed by atoms with Gasteiger partial charge in [-0.05, 0) is 73.7 Å². The molecule has 0 aliphatic carbocycles. The Balaban J connectivity index is 1.51. The van der Waals surface area contributed by atoms with Gasteiger partial charge >= 0.3 is 6.18 Å². The third kappa shape index (κ3) is 7.22. The first-order valence-corrected chi connectivity index (χ1v) is 15.4. The maximum absolute atomic E-state index is 13.4. The molecule has 4 aromatic rings. The second-order valence-electron chi connectivity index (χ2n) is 9.03. The average molecular weight is 638 g/mol. The lowest BCUT2D eigenvalue weighted by atomic mass is 10.2. The van der Waals surface area contributed by atoms with Crippen LogP contribution in [-0.4, -0.2) is 29.3 Å². The molecule has 0 saturated heterocycles. The van der Waals surface area contributed by atoms with Gasteiger partial charge in [-0.15, -0.1) is 0 Å². The highest BCUT2D eigenvalue weighted by molar-refractivity contribution is 7.93. The lowest BCUT2D eigenvalue weighted by Crippen LogP contribution is -2.38. The maximum Gasteiger partial charge on any atom is 0.417 e. The van der Waals surface area contributed by atoms with Crippen LogP contribution in [0.25, 0.3) is 0 Å². The first-order valence-electron chi connectivity index (χ1n) is 12.1. The van der Waals surface area contributed by atoms with Crippen molar-refractivity contribution in [3.8, 4) is 0 Å². The summed E-state index contributed by atoms with van der Waals surface area (Å²) in [4.78, 5) is 12.6. The number of rotatable bonds is 9. The SMILES string of the molecule is Cc1ccc(N(CC(=O)Nc2ccc(S(=O)(=O)Nc3ccc(Cl)c(C(F)(F)F)c3)cc2)S(=O)(=O)c2ccccc2)cc1. The second-order valence-corrected chi connectivity index (χ2v) is 13.0. The number of nitrogens with zero attached hydrogens (tertiary/aromatic N) is 1. The number of carbonyl (C=O) groups is 1. The summed E-state index contributed by atoms with van der Waals surface area (Å²) in [6.07, 6.45) is -4.78. The summed E-state index contributed by atoms with van der Waals surface area (Å²) in [7, 11) is -8.42. The van der Waals surface area contributed by atoms with E-state index in [1.54, 1.807) is 42.5 Å². The third-order valence-electron chi connectivity index (χ3n) is 5.91. The highest BCUT2D eigenvalue weighted by Gasteiger charge is 2.34. The molecule has 0 spiro atoms. The number of alkyl halides is 3. The van der Waals surface area contributed by atoms with Gasteiger partial charge in [0.25, 0.3) is 20.0 Å². The summed E-state index contributed by atoms with van der Waals surface area (Å²) in [5, 5.41) is 1.96. The largest absolute Gasteiger partial charge is 0.417 e. The van der Waals surface area contributed by atoms with Crippen LogP contribution in [0.2, 0.25) is 5.02 Å². The molecule has 14 heteroatoms. The Bertz CT molecular complexity index is 1800. The van der Waals surface area contributed by atoms with Gasteiger partial charge in [-0.2, -0.15) is 13.2 Å². The van der Waals surface area contributed by atoms with Gasteiger partial charge in [-0.1, -0.05) is 47.5 Å². The van der Waals surface area contributed by atoms with E-state index in [-0.39, 0.29) is 26.9 Å². The molecule has 0 fully saturated rings. The molecule has 0 heterocycles. The smallest absolute Gasteiger partial charge is 0.325 e. The van der Waals surface area contributed by atoms with E-state index in [9.17, 15) is 34.8 Å². The highest BCUT2D eigenvalue weighted by Crippen LogP contribution is 2.36. The predicted octanol–water partition coefficient (Wildman–Crippen LogP) is 6.30. The number of hydrogen-bond acceptors (Lipinski definition) is 5. The standard InChI is InChI=1S/C28H23ClF3N3O5S2/c1-19-7-12-22(13-8-19)35(42(39,40)24-5-3-2-4-6-24)18-27(36)33-20-9-14-23(15-10-20)41(37,38)34-21-11-16-26(29)25(17-21)28(30,31)32/h2-17,34H,18H2,1H3,(H,33,36). The Hall–Kier alpha value is -4.07. The van der Waals surface area contributed by atoms with Crippen LogP contribution in [0.3, 0.4) is 0 Å². The van der Waals surface area contributed by atoms with Gasteiger partial charge in [-0.3, -0.25) is 13.8 Å². The second kappa shape index (κ2) is 12.0. The van der Waals surface area contributed by atoms with E-state index in [1.165, 1.54) is 24.3 Å². The number of aryl methyl sites for hydroxylation is 1. The number of sulfonamides is 2. The van der Waals surface area contributed by atoms with Crippen molar-refractivity contribution in [2.24, 2.45) is 0 Å². The van der Waals surface area contributed by atoms with Gasteiger partial charge < -0.3 is 5.32 Å². The third-order valence-corrected chi connectivity index (χ3v) is 9.43. The molecule has 0 atom stereocenters. The fraction of sp³-hybridized carbons (Fsp3) is 0.107. The van der Waals surface area contributed by atoms with Crippen molar-refractivity contribution in [1.29, 1.82) is 0 Å². The fourth-order valence-corrected chi connectivity index (χ4v) is 6.53. The molecule has 4 aromatic carbocycles. The topological polar surface area (TPSA) is 113 Å². The zero-order valence-electron chi connectivity index (χ0n) is 21.8. The zero-order chi connectivity index (χ0) is 30.7. The first-order chi connectivity index (χ1) is 19.7. The molecular weight excluding hydrogens is 615 g/mol. The molecule has 4 rings (SSSR count). The van der Waals surface area contributed by atoms with Gasteiger partial charge in [0.15, 0.2) is 0 Å². The van der Waals surface area contributed by atoms with E-state index in [0.717, 1.165) is 34.1 Å². The molecule has 1 amide bonds. The van der Waals surface area contributed by atoms with Crippen molar-refractivity contribution in [2.75, 3.05) is 20.9 Å². The predicted molar refractivity (Wildman–Crippen MR) is 154 cm³/mol. The minimum absolute atomic E-state index is 0.0107. The lowest BCUT2D eigenvalue weighted by molar-refractivity contribution is -0.137. The highest BCUT2D eigenvalue weighted by atomic mass is 35.5. The average Bonchev–Trinajstić information content (AvgIpc) is 2.93. The molecule has 0 aliphatic rings. The molecule has 8 nitrogen and oxygen atoms in total. The van der Waals surface area contributed by atoms with Crippen LogP contribution < -0.4 is 14.3 Å². The Morgan fingerprint density at radius 3 is 2.00 bits per heavy atom. The van der Waals surface area contributed by atoms with Gasteiger partial charge in [0, 0.05) is 11.4 Å². The Morgan fingerprint density at radius 1 is 0.810 bits per heavy atom. The van der Waals surface area contributed by atoms with Crippen molar-refractivity contribution in [3.63, 3.8) is 0 Å². The summed E-state index contributed by atoms with van der Waals surface area (Å²) in [5.74, 6) is -0.704. The molecule has 42 heavy (non-hydrogen) atoms. The molecule has 2 N–H and O–H groups in total. The fourth-order valence-electron chi connectivity index (χ4n) is 3.81. The van der Waals surface area contributed by atoms with E-state index in [2.05, 4.69) is 10.0 Å². The molecule has 0 saturated carbocycles. The number of nitrogens with one attached hydrogen (secondary N) is 2. The van der Waals surface area contributed by atoms with Crippen LogP contribution in [-0.2, 0) is 31.0 Å². The van der Waals surface area contributed by atoms with Gasteiger partial charge in [0.1, 0.15) is 6.54 Å². The molecule has 0 radical (unpaired) electrons. The number of amides is 1. The van der Waals surface area contributed by atoms with E-state index < -0.39 is 49.3 Å². The summed E-state index contributed by atoms with van der Waals surface area (Å²) in [6, 6.07) is 21.6. The molecule has 0 unspecified atom stereocenters. The molecule has 0 aliphatic heterocycles. The molecule has 0 bridgehead atoms. The number of benzene rings is 4. The van der Waals surface area contributed by atoms with E-state index >= 15 is 0 Å². The van der Waals surface area contributed by atoms with Gasteiger partial charge in [0.05, 0.1) is 26.1 Å². The van der Waals surface area contributed by atoms with Gasteiger partial charge in [-0.25, -0.2) is 16.8 Å². The normalized spacial score (nSPS) is 12.0. The Morgan fingerprint density at radius 2 is 1.40 bits per heavy atom. The Labute approximate surface area is 245 Å². The molecular formula is C28H23ClF3N3O5S2. The summed E-state index contributed by atoms with van der Waals surface area (Å²) in [6.45, 7) is 1.25. The zero-order valence-corrected chi connectivity index (χ0v) is 24.2. The number of halogens is 4. The van der Waals surface area contributed by atoms with Crippen molar-refractivity contribution in [3.05, 3.63) is 113 Å². The van der Waals surface area contributed by atoms with Crippen LogP contribution in [0.15, 0.2) is 107 Å². The van der Waals surface area contributed by atoms with E-state index in [4.69, 9.17) is 11.6 Å². The van der Waals surface area contributed by atoms with Crippen molar-refractivity contribution in [1.82, 2.24) is 0 Å². The van der Waals surface area contributed by atoms with E-state index in [0.29, 0.717) is 6.07 Å². The minimum atomic E-state index is -4.78. The van der Waals surface area contributed by atoms with Crippen molar-refractivity contribution >= 4 is 54.6 Å².